The Morgan fingerprint density at radius 2 is 2.15 bits per heavy atom. The summed E-state index contributed by atoms with van der Waals surface area (Å²) in [6, 6.07) is 0.340. The van der Waals surface area contributed by atoms with Gasteiger partial charge in [-0.3, -0.25) is 0 Å². The van der Waals surface area contributed by atoms with Crippen molar-refractivity contribution in [1.29, 1.82) is 0 Å². The quantitative estimate of drug-likeness (QED) is 0.863. The highest BCUT2D eigenvalue weighted by Gasteiger charge is 2.52. The van der Waals surface area contributed by atoms with Gasteiger partial charge in [0.1, 0.15) is 5.54 Å². The number of carbonyl (C=O) groups is 2. The smallest absolute Gasteiger partial charge is 0.329 e. The molecule has 3 atom stereocenters. The van der Waals surface area contributed by atoms with Crippen LogP contribution < -0.4 is 0 Å². The van der Waals surface area contributed by atoms with Crippen molar-refractivity contribution in [3.8, 4) is 0 Å². The van der Waals surface area contributed by atoms with E-state index < -0.39 is 11.5 Å². The predicted octanol–water partition coefficient (Wildman–Crippen LogP) is 2.31. The molecule has 3 fully saturated rings. The van der Waals surface area contributed by atoms with Crippen LogP contribution in [0.1, 0.15) is 51.9 Å². The van der Waals surface area contributed by atoms with Gasteiger partial charge in [-0.2, -0.15) is 0 Å². The minimum atomic E-state index is -0.951. The highest BCUT2D eigenvalue weighted by molar-refractivity contribution is 5.87. The van der Waals surface area contributed by atoms with Gasteiger partial charge in [0.2, 0.25) is 0 Å². The third kappa shape index (κ3) is 1.90. The molecular formula is C15H24N2O3. The fraction of sp³-hybridized carbons (Fsp3) is 0.867. The summed E-state index contributed by atoms with van der Waals surface area (Å²) in [4.78, 5) is 28.2. The normalized spacial score (nSPS) is 35.9. The van der Waals surface area contributed by atoms with E-state index in [1.807, 2.05) is 11.8 Å². The van der Waals surface area contributed by atoms with Crippen molar-refractivity contribution < 1.29 is 14.7 Å². The van der Waals surface area contributed by atoms with Crippen LogP contribution in [-0.2, 0) is 4.79 Å². The summed E-state index contributed by atoms with van der Waals surface area (Å²) in [6.45, 7) is 3.42. The van der Waals surface area contributed by atoms with E-state index in [0.29, 0.717) is 31.3 Å². The fourth-order valence-corrected chi connectivity index (χ4v) is 4.47. The minimum Gasteiger partial charge on any atom is -0.479 e. The van der Waals surface area contributed by atoms with Gasteiger partial charge in [0.15, 0.2) is 0 Å². The molecule has 1 saturated carbocycles. The van der Waals surface area contributed by atoms with Crippen LogP contribution in [-0.4, -0.2) is 51.6 Å². The van der Waals surface area contributed by atoms with Crippen LogP contribution in [0.4, 0.5) is 4.79 Å². The summed E-state index contributed by atoms with van der Waals surface area (Å²) < 4.78 is 0. The van der Waals surface area contributed by atoms with Gasteiger partial charge in [0.25, 0.3) is 0 Å². The molecule has 2 amide bonds. The number of hydrogen-bond donors (Lipinski definition) is 1. The Bertz CT molecular complexity index is 425. The maximum atomic E-state index is 12.8. The van der Waals surface area contributed by atoms with Crippen molar-refractivity contribution in [3.63, 3.8) is 0 Å². The Hall–Kier alpha value is -1.26. The molecule has 2 saturated heterocycles. The molecular weight excluding hydrogens is 256 g/mol. The molecule has 2 heterocycles. The summed E-state index contributed by atoms with van der Waals surface area (Å²) in [6.07, 6.45) is 6.21. The van der Waals surface area contributed by atoms with Crippen molar-refractivity contribution >= 4 is 12.0 Å². The molecule has 3 aliphatic rings. The number of carbonyl (C=O) groups excluding carboxylic acids is 1. The molecule has 2 aliphatic heterocycles. The van der Waals surface area contributed by atoms with Gasteiger partial charge in [-0.25, -0.2) is 9.59 Å². The number of nitrogens with zero attached hydrogens (tertiary/aromatic N) is 2. The average Bonchev–Trinajstić information content (AvgIpc) is 3.12. The first-order chi connectivity index (χ1) is 9.58. The number of carboxylic acid groups (broad SMARTS) is 1. The zero-order chi connectivity index (χ0) is 14.3. The molecule has 112 valence electrons. The van der Waals surface area contributed by atoms with Gasteiger partial charge in [0.05, 0.1) is 0 Å². The monoisotopic (exact) mass is 280 g/mol. The van der Waals surface area contributed by atoms with E-state index in [2.05, 4.69) is 0 Å². The molecule has 1 N–H and O–H groups in total. The van der Waals surface area contributed by atoms with Gasteiger partial charge in [-0.15, -0.1) is 0 Å². The molecule has 3 unspecified atom stereocenters. The first-order valence-corrected chi connectivity index (χ1v) is 7.90. The highest BCUT2D eigenvalue weighted by atomic mass is 16.4. The van der Waals surface area contributed by atoms with Gasteiger partial charge in [0, 0.05) is 19.1 Å². The third-order valence-electron chi connectivity index (χ3n) is 5.44. The van der Waals surface area contributed by atoms with E-state index in [4.69, 9.17) is 0 Å². The van der Waals surface area contributed by atoms with Gasteiger partial charge in [-0.05, 0) is 44.4 Å². The molecule has 5 nitrogen and oxygen atoms in total. The van der Waals surface area contributed by atoms with Crippen LogP contribution in [0.3, 0.4) is 0 Å². The SMILES string of the molecule is CCCC1(C(=O)O)CCCN1C(=O)N1CC2CCC1C2. The molecule has 20 heavy (non-hydrogen) atoms. The number of aliphatic carboxylic acids is 1. The summed E-state index contributed by atoms with van der Waals surface area (Å²) >= 11 is 0. The molecule has 0 aromatic carbocycles. The topological polar surface area (TPSA) is 60.9 Å². The maximum Gasteiger partial charge on any atom is 0.329 e. The molecule has 0 radical (unpaired) electrons. The lowest BCUT2D eigenvalue weighted by Gasteiger charge is -2.39. The summed E-state index contributed by atoms with van der Waals surface area (Å²) in [5.74, 6) is -0.175. The number of piperidine rings is 1. The predicted molar refractivity (Wildman–Crippen MR) is 74.4 cm³/mol. The first kappa shape index (κ1) is 13.7. The second kappa shape index (κ2) is 4.93. The van der Waals surface area contributed by atoms with Crippen molar-refractivity contribution in [2.75, 3.05) is 13.1 Å². The van der Waals surface area contributed by atoms with E-state index in [9.17, 15) is 14.7 Å². The van der Waals surface area contributed by atoms with E-state index in [-0.39, 0.29) is 6.03 Å². The molecule has 3 rings (SSSR count). The van der Waals surface area contributed by atoms with E-state index in [1.165, 1.54) is 6.42 Å². The summed E-state index contributed by atoms with van der Waals surface area (Å²) in [5.41, 5.74) is -0.951. The van der Waals surface area contributed by atoms with Crippen LogP contribution in [0.25, 0.3) is 0 Å². The van der Waals surface area contributed by atoms with Crippen molar-refractivity contribution in [1.82, 2.24) is 9.80 Å². The standard InChI is InChI=1S/C15H24N2O3/c1-2-6-15(13(18)19)7-3-8-17(15)14(20)16-10-11-4-5-12(16)9-11/h11-12H,2-10H2,1H3,(H,18,19). The number of hydrogen-bond acceptors (Lipinski definition) is 2. The van der Waals surface area contributed by atoms with Crippen molar-refractivity contribution in [2.24, 2.45) is 5.92 Å². The molecule has 1 aliphatic carbocycles. The second-order valence-electron chi connectivity index (χ2n) is 6.61. The van der Waals surface area contributed by atoms with Crippen LogP contribution >= 0.6 is 0 Å². The maximum absolute atomic E-state index is 12.8. The highest BCUT2D eigenvalue weighted by Crippen LogP contribution is 2.41. The molecule has 2 bridgehead atoms. The first-order valence-electron chi connectivity index (χ1n) is 7.90. The molecule has 0 aromatic heterocycles. The molecule has 0 spiro atoms. The molecule has 5 heteroatoms. The lowest BCUT2D eigenvalue weighted by atomic mass is 9.91. The Balaban J connectivity index is 1.80. The Labute approximate surface area is 119 Å². The van der Waals surface area contributed by atoms with Crippen molar-refractivity contribution in [2.45, 2.75) is 63.5 Å². The van der Waals surface area contributed by atoms with Gasteiger partial charge >= 0.3 is 12.0 Å². The summed E-state index contributed by atoms with van der Waals surface area (Å²) in [7, 11) is 0. The zero-order valence-corrected chi connectivity index (χ0v) is 12.2. The number of urea groups is 1. The van der Waals surface area contributed by atoms with Crippen LogP contribution in [0.15, 0.2) is 0 Å². The zero-order valence-electron chi connectivity index (χ0n) is 12.2. The Morgan fingerprint density at radius 3 is 2.70 bits per heavy atom. The number of rotatable bonds is 3. The van der Waals surface area contributed by atoms with E-state index >= 15 is 0 Å². The Kier molecular flexibility index (Phi) is 3.38. The van der Waals surface area contributed by atoms with E-state index in [0.717, 1.165) is 32.2 Å². The number of likely N-dealkylation sites (tertiary alicyclic amines) is 2. The largest absolute Gasteiger partial charge is 0.479 e. The number of amides is 2. The van der Waals surface area contributed by atoms with Gasteiger partial charge < -0.3 is 14.9 Å². The Morgan fingerprint density at radius 1 is 1.35 bits per heavy atom. The van der Waals surface area contributed by atoms with Crippen molar-refractivity contribution in [3.05, 3.63) is 0 Å². The third-order valence-corrected chi connectivity index (χ3v) is 5.44. The minimum absolute atomic E-state index is 0.0226. The lowest BCUT2D eigenvalue weighted by Crippen LogP contribution is -2.57. The van der Waals surface area contributed by atoms with Crippen LogP contribution in [0.2, 0.25) is 0 Å². The fourth-order valence-electron chi connectivity index (χ4n) is 4.47. The lowest BCUT2D eigenvalue weighted by molar-refractivity contribution is -0.149. The number of carboxylic acids is 1. The average molecular weight is 280 g/mol. The van der Waals surface area contributed by atoms with E-state index in [1.54, 1.807) is 4.90 Å². The second-order valence-corrected chi connectivity index (χ2v) is 6.61. The summed E-state index contributed by atoms with van der Waals surface area (Å²) in [5, 5.41) is 9.68. The molecule has 0 aromatic rings. The number of fused-ring (bicyclic) bond motifs is 2. The van der Waals surface area contributed by atoms with Crippen LogP contribution in [0.5, 0.6) is 0 Å². The van der Waals surface area contributed by atoms with Gasteiger partial charge in [-0.1, -0.05) is 13.3 Å². The van der Waals surface area contributed by atoms with Crippen LogP contribution in [0, 0.1) is 5.92 Å².